The molecule has 2 fully saturated rings. The molecule has 2 aromatic carbocycles. The van der Waals surface area contributed by atoms with Crippen molar-refractivity contribution >= 4 is 22.8 Å². The molecule has 5 rings (SSSR count). The smallest absolute Gasteiger partial charge is 0.251 e. The number of aromatic amines is 1. The van der Waals surface area contributed by atoms with Gasteiger partial charge in [0, 0.05) is 28.8 Å². The molecule has 3 aromatic rings. The highest BCUT2D eigenvalue weighted by Gasteiger charge is 2.21. The van der Waals surface area contributed by atoms with Crippen LogP contribution in [-0.2, 0) is 0 Å². The van der Waals surface area contributed by atoms with E-state index in [1.165, 1.54) is 38.5 Å². The normalized spacial score (nSPS) is 21.4. The number of hydrogen-bond acceptors (Lipinski definition) is 3. The Labute approximate surface area is 207 Å². The molecular weight excluding hydrogens is 436 g/mol. The van der Waals surface area contributed by atoms with E-state index in [2.05, 4.69) is 22.5 Å². The van der Waals surface area contributed by atoms with Gasteiger partial charge in [-0.15, -0.1) is 0 Å². The number of imidazole rings is 1. The molecule has 6 heteroatoms. The minimum atomic E-state index is -0.0216. The van der Waals surface area contributed by atoms with Crippen LogP contribution in [0.5, 0.6) is 0 Å². The molecule has 2 amide bonds. The van der Waals surface area contributed by atoms with Gasteiger partial charge in [0.2, 0.25) is 0 Å². The molecule has 0 spiro atoms. The third-order valence-corrected chi connectivity index (χ3v) is 7.71. The van der Waals surface area contributed by atoms with Crippen LogP contribution in [0, 0.1) is 5.92 Å². The number of nitrogens with one attached hydrogen (secondary N) is 3. The summed E-state index contributed by atoms with van der Waals surface area (Å²) >= 11 is 0. The molecule has 0 aliphatic heterocycles. The first-order valence-electron chi connectivity index (χ1n) is 13.3. The van der Waals surface area contributed by atoms with Crippen LogP contribution in [-0.4, -0.2) is 33.9 Å². The van der Waals surface area contributed by atoms with E-state index in [4.69, 9.17) is 4.98 Å². The van der Waals surface area contributed by atoms with Crippen molar-refractivity contribution in [3.63, 3.8) is 0 Å². The van der Waals surface area contributed by atoms with Crippen LogP contribution in [0.2, 0.25) is 0 Å². The quantitative estimate of drug-likeness (QED) is 0.399. The standard InChI is InChI=1S/C29H36N4O2/c1-19-8-15-24(16-9-19)31-29(35)22-14-17-25-26(18-22)33-27(32-25)20-10-12-21(13-11-20)28(34)30-23-6-4-2-3-5-7-23/h10-14,17-19,23-24H,2-9,15-16H2,1H3,(H,30,34)(H,31,35)(H,32,33). The largest absolute Gasteiger partial charge is 0.349 e. The SMILES string of the molecule is CC1CCC(NC(=O)c2ccc3nc(-c4ccc(C(=O)NC5CCCCCC5)cc4)[nH]c3c2)CC1. The number of aromatic nitrogens is 2. The summed E-state index contributed by atoms with van der Waals surface area (Å²) in [6.07, 6.45) is 11.5. The van der Waals surface area contributed by atoms with E-state index in [1.54, 1.807) is 0 Å². The highest BCUT2D eigenvalue weighted by molar-refractivity contribution is 5.98. The number of carbonyl (C=O) groups is 2. The van der Waals surface area contributed by atoms with Crippen LogP contribution >= 0.6 is 0 Å². The number of rotatable bonds is 5. The fourth-order valence-electron chi connectivity index (χ4n) is 5.43. The second-order valence-electron chi connectivity index (χ2n) is 10.5. The Balaban J connectivity index is 1.25. The zero-order chi connectivity index (χ0) is 24.2. The van der Waals surface area contributed by atoms with Gasteiger partial charge in [0.25, 0.3) is 11.8 Å². The lowest BCUT2D eigenvalue weighted by Crippen LogP contribution is -2.37. The van der Waals surface area contributed by atoms with Crippen LogP contribution in [0.3, 0.4) is 0 Å². The molecule has 2 saturated carbocycles. The minimum absolute atomic E-state index is 0.00358. The highest BCUT2D eigenvalue weighted by Crippen LogP contribution is 2.25. The van der Waals surface area contributed by atoms with Crippen molar-refractivity contribution in [2.24, 2.45) is 5.92 Å². The Hall–Kier alpha value is -3.15. The van der Waals surface area contributed by atoms with Crippen LogP contribution < -0.4 is 10.6 Å². The zero-order valence-electron chi connectivity index (χ0n) is 20.6. The first-order valence-corrected chi connectivity index (χ1v) is 13.3. The molecule has 1 aromatic heterocycles. The maximum atomic E-state index is 12.8. The summed E-state index contributed by atoms with van der Waals surface area (Å²) in [5, 5.41) is 6.40. The Kier molecular flexibility index (Phi) is 7.16. The topological polar surface area (TPSA) is 86.9 Å². The maximum Gasteiger partial charge on any atom is 0.251 e. The summed E-state index contributed by atoms with van der Waals surface area (Å²) in [5.74, 6) is 1.46. The van der Waals surface area contributed by atoms with E-state index >= 15 is 0 Å². The van der Waals surface area contributed by atoms with Crippen molar-refractivity contribution in [2.75, 3.05) is 0 Å². The second kappa shape index (κ2) is 10.6. The summed E-state index contributed by atoms with van der Waals surface area (Å²) in [6, 6.07) is 13.7. The number of benzene rings is 2. The molecule has 6 nitrogen and oxygen atoms in total. The first kappa shape index (κ1) is 23.6. The van der Waals surface area contributed by atoms with Gasteiger partial charge in [0.05, 0.1) is 11.0 Å². The van der Waals surface area contributed by atoms with Crippen molar-refractivity contribution in [3.05, 3.63) is 53.6 Å². The molecule has 0 saturated heterocycles. The van der Waals surface area contributed by atoms with E-state index in [0.29, 0.717) is 11.1 Å². The highest BCUT2D eigenvalue weighted by atomic mass is 16.2. The lowest BCUT2D eigenvalue weighted by Gasteiger charge is -2.26. The molecule has 0 radical (unpaired) electrons. The fourth-order valence-corrected chi connectivity index (χ4v) is 5.43. The zero-order valence-corrected chi connectivity index (χ0v) is 20.6. The van der Waals surface area contributed by atoms with E-state index in [-0.39, 0.29) is 23.9 Å². The minimum Gasteiger partial charge on any atom is -0.349 e. The Morgan fingerprint density at radius 1 is 0.771 bits per heavy atom. The van der Waals surface area contributed by atoms with Crippen molar-refractivity contribution in [2.45, 2.75) is 83.2 Å². The molecular formula is C29H36N4O2. The number of hydrogen-bond donors (Lipinski definition) is 3. The molecule has 2 aliphatic carbocycles. The summed E-state index contributed by atoms with van der Waals surface area (Å²) < 4.78 is 0. The number of nitrogens with zero attached hydrogens (tertiary/aromatic N) is 1. The summed E-state index contributed by atoms with van der Waals surface area (Å²) in [5.41, 5.74) is 3.88. The lowest BCUT2D eigenvalue weighted by molar-refractivity contribution is 0.0918. The van der Waals surface area contributed by atoms with Gasteiger partial charge in [-0.05, 0) is 74.8 Å². The summed E-state index contributed by atoms with van der Waals surface area (Å²) in [6.45, 7) is 2.28. The predicted octanol–water partition coefficient (Wildman–Crippen LogP) is 5.99. The molecule has 1 heterocycles. The Morgan fingerprint density at radius 2 is 1.37 bits per heavy atom. The number of amides is 2. The van der Waals surface area contributed by atoms with Crippen molar-refractivity contribution in [1.82, 2.24) is 20.6 Å². The third-order valence-electron chi connectivity index (χ3n) is 7.71. The maximum absolute atomic E-state index is 12.8. The lowest BCUT2D eigenvalue weighted by atomic mass is 9.87. The van der Waals surface area contributed by atoms with E-state index in [0.717, 1.165) is 54.0 Å². The van der Waals surface area contributed by atoms with Gasteiger partial charge < -0.3 is 15.6 Å². The summed E-state index contributed by atoms with van der Waals surface area (Å²) in [7, 11) is 0. The average molecular weight is 473 g/mol. The van der Waals surface area contributed by atoms with Crippen LogP contribution in [0.25, 0.3) is 22.4 Å². The Bertz CT molecular complexity index is 1170. The fraction of sp³-hybridized carbons (Fsp3) is 0.483. The average Bonchev–Trinajstić information content (AvgIpc) is 3.14. The van der Waals surface area contributed by atoms with Crippen molar-refractivity contribution in [3.8, 4) is 11.4 Å². The second-order valence-corrected chi connectivity index (χ2v) is 10.5. The van der Waals surface area contributed by atoms with Gasteiger partial charge in [-0.25, -0.2) is 4.98 Å². The van der Waals surface area contributed by atoms with Crippen LogP contribution in [0.1, 0.15) is 91.8 Å². The first-order chi connectivity index (χ1) is 17.0. The van der Waals surface area contributed by atoms with Crippen LogP contribution in [0.15, 0.2) is 42.5 Å². The van der Waals surface area contributed by atoms with Gasteiger partial charge in [0.15, 0.2) is 0 Å². The monoisotopic (exact) mass is 472 g/mol. The molecule has 184 valence electrons. The molecule has 0 bridgehead atoms. The van der Waals surface area contributed by atoms with Crippen molar-refractivity contribution < 1.29 is 9.59 Å². The Morgan fingerprint density at radius 3 is 2.06 bits per heavy atom. The van der Waals surface area contributed by atoms with Crippen molar-refractivity contribution in [1.29, 1.82) is 0 Å². The molecule has 3 N–H and O–H groups in total. The molecule has 0 unspecified atom stereocenters. The van der Waals surface area contributed by atoms with E-state index in [1.807, 2.05) is 42.5 Å². The van der Waals surface area contributed by atoms with Gasteiger partial charge in [0.1, 0.15) is 5.82 Å². The molecule has 2 aliphatic rings. The third kappa shape index (κ3) is 5.75. The number of carbonyl (C=O) groups excluding carboxylic acids is 2. The predicted molar refractivity (Wildman–Crippen MR) is 139 cm³/mol. The number of H-pyrrole nitrogens is 1. The molecule has 35 heavy (non-hydrogen) atoms. The van der Waals surface area contributed by atoms with Gasteiger partial charge in [-0.2, -0.15) is 0 Å². The van der Waals surface area contributed by atoms with Gasteiger partial charge >= 0.3 is 0 Å². The van der Waals surface area contributed by atoms with E-state index in [9.17, 15) is 9.59 Å². The summed E-state index contributed by atoms with van der Waals surface area (Å²) in [4.78, 5) is 33.5. The number of fused-ring (bicyclic) bond motifs is 1. The van der Waals surface area contributed by atoms with Gasteiger partial charge in [-0.1, -0.05) is 44.7 Å². The van der Waals surface area contributed by atoms with Crippen LogP contribution in [0.4, 0.5) is 0 Å². The molecule has 0 atom stereocenters. The van der Waals surface area contributed by atoms with Gasteiger partial charge in [-0.3, -0.25) is 9.59 Å². The van der Waals surface area contributed by atoms with E-state index < -0.39 is 0 Å².